The van der Waals surface area contributed by atoms with Crippen LogP contribution in [0.2, 0.25) is 18.1 Å². The van der Waals surface area contributed by atoms with E-state index < -0.39 is 20.2 Å². The Labute approximate surface area is 180 Å². The molecule has 2 aromatic carbocycles. The summed E-state index contributed by atoms with van der Waals surface area (Å²) in [5.74, 6) is 0.00994. The standard InChI is InChI=1S/C24H34FNO3Si/c1-8-26(9-2)23(28)18-12-10-17(11-13-18)22(27)20-16-19(14-15-21(20)25)29-30(6,7)24(3,4)5/h10-16,22,27H,8-9H2,1-7H3. The molecular weight excluding hydrogens is 397 g/mol. The number of carbonyl (C=O) groups is 1. The number of hydrogen-bond acceptors (Lipinski definition) is 3. The Kier molecular flexibility index (Phi) is 7.48. The van der Waals surface area contributed by atoms with Crippen LogP contribution in [-0.4, -0.2) is 37.3 Å². The minimum atomic E-state index is -2.08. The second-order valence-electron chi connectivity index (χ2n) is 9.05. The van der Waals surface area contributed by atoms with E-state index in [1.807, 2.05) is 13.8 Å². The lowest BCUT2D eigenvalue weighted by Crippen LogP contribution is -2.43. The first-order valence-corrected chi connectivity index (χ1v) is 13.4. The zero-order valence-electron chi connectivity index (χ0n) is 19.1. The highest BCUT2D eigenvalue weighted by Crippen LogP contribution is 2.38. The molecule has 1 unspecified atom stereocenters. The summed E-state index contributed by atoms with van der Waals surface area (Å²) in [6.45, 7) is 15.8. The van der Waals surface area contributed by atoms with Crippen LogP contribution in [0.15, 0.2) is 42.5 Å². The normalized spacial score (nSPS) is 13.1. The third-order valence-corrected chi connectivity index (χ3v) is 10.3. The Morgan fingerprint density at radius 2 is 1.67 bits per heavy atom. The maximum absolute atomic E-state index is 14.5. The van der Waals surface area contributed by atoms with E-state index in [-0.39, 0.29) is 16.5 Å². The average Bonchev–Trinajstić information content (AvgIpc) is 2.69. The average molecular weight is 432 g/mol. The molecule has 0 bridgehead atoms. The molecule has 0 aromatic heterocycles. The van der Waals surface area contributed by atoms with Crippen molar-refractivity contribution in [2.75, 3.05) is 13.1 Å². The molecule has 0 saturated heterocycles. The molecule has 4 nitrogen and oxygen atoms in total. The quantitative estimate of drug-likeness (QED) is 0.566. The topological polar surface area (TPSA) is 49.8 Å². The molecule has 1 atom stereocenters. The molecule has 0 aliphatic rings. The SMILES string of the molecule is CCN(CC)C(=O)c1ccc(C(O)c2cc(O[Si](C)(C)C(C)(C)C)ccc2F)cc1. The van der Waals surface area contributed by atoms with Crippen molar-refractivity contribution in [3.05, 3.63) is 65.0 Å². The summed E-state index contributed by atoms with van der Waals surface area (Å²) in [6.07, 6.45) is -1.15. The second-order valence-corrected chi connectivity index (χ2v) is 13.8. The van der Waals surface area contributed by atoms with Gasteiger partial charge in [0.15, 0.2) is 0 Å². The lowest BCUT2D eigenvalue weighted by molar-refractivity contribution is 0.0773. The van der Waals surface area contributed by atoms with Crippen LogP contribution in [0.25, 0.3) is 0 Å². The number of aliphatic hydroxyl groups is 1. The van der Waals surface area contributed by atoms with E-state index in [1.54, 1.807) is 41.3 Å². The molecule has 6 heteroatoms. The van der Waals surface area contributed by atoms with E-state index in [2.05, 4.69) is 33.9 Å². The van der Waals surface area contributed by atoms with Gasteiger partial charge >= 0.3 is 0 Å². The van der Waals surface area contributed by atoms with Crippen LogP contribution in [0.3, 0.4) is 0 Å². The van der Waals surface area contributed by atoms with Crippen LogP contribution in [0.5, 0.6) is 5.75 Å². The van der Waals surface area contributed by atoms with Crippen molar-refractivity contribution in [1.29, 1.82) is 0 Å². The number of nitrogens with zero attached hydrogens (tertiary/aromatic N) is 1. The maximum Gasteiger partial charge on any atom is 0.253 e. The van der Waals surface area contributed by atoms with Gasteiger partial charge in [-0.3, -0.25) is 4.79 Å². The predicted octanol–water partition coefficient (Wildman–Crippen LogP) is 5.77. The Balaban J connectivity index is 2.28. The number of amides is 1. The van der Waals surface area contributed by atoms with Gasteiger partial charge in [0.05, 0.1) is 0 Å². The molecule has 1 amide bonds. The predicted molar refractivity (Wildman–Crippen MR) is 122 cm³/mol. The number of carbonyl (C=O) groups excluding carboxylic acids is 1. The van der Waals surface area contributed by atoms with Gasteiger partial charge in [0.1, 0.15) is 17.7 Å². The highest BCUT2D eigenvalue weighted by atomic mass is 28.4. The lowest BCUT2D eigenvalue weighted by Gasteiger charge is -2.36. The number of rotatable bonds is 7. The molecule has 30 heavy (non-hydrogen) atoms. The number of aliphatic hydroxyl groups excluding tert-OH is 1. The fourth-order valence-electron chi connectivity index (χ4n) is 2.92. The van der Waals surface area contributed by atoms with E-state index in [9.17, 15) is 14.3 Å². The van der Waals surface area contributed by atoms with Crippen LogP contribution in [-0.2, 0) is 0 Å². The molecule has 0 radical (unpaired) electrons. The first-order chi connectivity index (χ1) is 13.9. The molecular formula is C24H34FNO3Si. The highest BCUT2D eigenvalue weighted by Gasteiger charge is 2.39. The Morgan fingerprint density at radius 3 is 2.17 bits per heavy atom. The van der Waals surface area contributed by atoms with E-state index in [1.165, 1.54) is 6.07 Å². The smallest absolute Gasteiger partial charge is 0.253 e. The molecule has 0 saturated carbocycles. The van der Waals surface area contributed by atoms with Crippen LogP contribution in [0.4, 0.5) is 4.39 Å². The number of hydrogen-bond donors (Lipinski definition) is 1. The fourth-order valence-corrected chi connectivity index (χ4v) is 3.95. The van der Waals surface area contributed by atoms with Crippen molar-refractivity contribution in [3.8, 4) is 5.75 Å². The second kappa shape index (κ2) is 9.31. The summed E-state index contributed by atoms with van der Waals surface area (Å²) in [4.78, 5) is 14.2. The third kappa shape index (κ3) is 5.29. The van der Waals surface area contributed by atoms with Gasteiger partial charge in [-0.25, -0.2) is 4.39 Å². The van der Waals surface area contributed by atoms with E-state index in [0.29, 0.717) is 30.0 Å². The largest absolute Gasteiger partial charge is 0.543 e. The third-order valence-electron chi connectivity index (χ3n) is 5.97. The van der Waals surface area contributed by atoms with Crippen LogP contribution < -0.4 is 4.43 Å². The summed E-state index contributed by atoms with van der Waals surface area (Å²) < 4.78 is 20.8. The summed E-state index contributed by atoms with van der Waals surface area (Å²) >= 11 is 0. The fraction of sp³-hybridized carbons (Fsp3) is 0.458. The Morgan fingerprint density at radius 1 is 1.10 bits per heavy atom. The molecule has 0 aliphatic heterocycles. The van der Waals surface area contributed by atoms with Gasteiger partial charge in [-0.1, -0.05) is 32.9 Å². The van der Waals surface area contributed by atoms with Crippen LogP contribution in [0.1, 0.15) is 62.2 Å². The molecule has 0 aliphatic carbocycles. The van der Waals surface area contributed by atoms with Crippen LogP contribution in [0, 0.1) is 5.82 Å². The van der Waals surface area contributed by atoms with Crippen molar-refractivity contribution in [2.45, 2.75) is 58.9 Å². The molecule has 164 valence electrons. The zero-order chi connectivity index (χ0) is 22.7. The van der Waals surface area contributed by atoms with E-state index in [4.69, 9.17) is 4.43 Å². The summed E-state index contributed by atoms with van der Waals surface area (Å²) in [6, 6.07) is 11.2. The van der Waals surface area contributed by atoms with Crippen molar-refractivity contribution < 1.29 is 18.7 Å². The van der Waals surface area contributed by atoms with Crippen molar-refractivity contribution in [3.63, 3.8) is 0 Å². The van der Waals surface area contributed by atoms with Gasteiger partial charge < -0.3 is 14.4 Å². The monoisotopic (exact) mass is 431 g/mol. The summed E-state index contributed by atoms with van der Waals surface area (Å²) in [5, 5.41) is 10.8. The molecule has 0 heterocycles. The molecule has 2 aromatic rings. The molecule has 0 spiro atoms. The number of halogens is 1. The minimum Gasteiger partial charge on any atom is -0.543 e. The first kappa shape index (κ1) is 24.1. The molecule has 1 N–H and O–H groups in total. The van der Waals surface area contributed by atoms with Crippen molar-refractivity contribution in [1.82, 2.24) is 4.90 Å². The van der Waals surface area contributed by atoms with Crippen molar-refractivity contribution >= 4 is 14.2 Å². The Hall–Kier alpha value is -2.18. The van der Waals surface area contributed by atoms with Gasteiger partial charge in [0, 0.05) is 24.2 Å². The molecule has 2 rings (SSSR count). The number of benzene rings is 2. The van der Waals surface area contributed by atoms with Gasteiger partial charge in [0.25, 0.3) is 5.91 Å². The van der Waals surface area contributed by atoms with E-state index in [0.717, 1.165) is 0 Å². The van der Waals surface area contributed by atoms with Crippen molar-refractivity contribution in [2.24, 2.45) is 0 Å². The maximum atomic E-state index is 14.5. The van der Waals surface area contributed by atoms with Gasteiger partial charge in [-0.05, 0) is 67.9 Å². The van der Waals surface area contributed by atoms with E-state index >= 15 is 0 Å². The molecule has 0 fully saturated rings. The van der Waals surface area contributed by atoms with Gasteiger partial charge in [-0.2, -0.15) is 0 Å². The van der Waals surface area contributed by atoms with Gasteiger partial charge in [0.2, 0.25) is 8.32 Å². The summed E-state index contributed by atoms with van der Waals surface area (Å²) in [5.41, 5.74) is 1.23. The summed E-state index contributed by atoms with van der Waals surface area (Å²) in [7, 11) is -2.08. The highest BCUT2D eigenvalue weighted by molar-refractivity contribution is 6.74. The first-order valence-electron chi connectivity index (χ1n) is 10.5. The lowest BCUT2D eigenvalue weighted by atomic mass is 9.99. The zero-order valence-corrected chi connectivity index (χ0v) is 20.1. The Bertz CT molecular complexity index is 871. The minimum absolute atomic E-state index is 0.00734. The van der Waals surface area contributed by atoms with Crippen LogP contribution >= 0.6 is 0 Å². The van der Waals surface area contributed by atoms with Gasteiger partial charge in [-0.15, -0.1) is 0 Å².